The van der Waals surface area contributed by atoms with Crippen molar-refractivity contribution in [2.75, 3.05) is 6.61 Å². The molecule has 6 nitrogen and oxygen atoms in total. The normalized spacial score (nSPS) is 11.0. The van der Waals surface area contributed by atoms with Crippen molar-refractivity contribution < 1.29 is 14.6 Å². The summed E-state index contributed by atoms with van der Waals surface area (Å²) in [5, 5.41) is 10.9. The molecule has 0 saturated carbocycles. The molecule has 0 unspecified atom stereocenters. The van der Waals surface area contributed by atoms with Gasteiger partial charge in [0.15, 0.2) is 0 Å². The third-order valence-corrected chi connectivity index (χ3v) is 5.02. The van der Waals surface area contributed by atoms with Gasteiger partial charge in [0.05, 0.1) is 17.6 Å². The fourth-order valence-electron chi connectivity index (χ4n) is 2.81. The van der Waals surface area contributed by atoms with Gasteiger partial charge >= 0.3 is 5.97 Å². The molecule has 0 spiro atoms. The summed E-state index contributed by atoms with van der Waals surface area (Å²) in [4.78, 5) is 28.8. The van der Waals surface area contributed by atoms with Crippen LogP contribution in [0.3, 0.4) is 0 Å². The number of thiophene rings is 1. The van der Waals surface area contributed by atoms with Crippen LogP contribution < -0.4 is 10.3 Å². The van der Waals surface area contributed by atoms with E-state index in [9.17, 15) is 14.7 Å². The quantitative estimate of drug-likeness (QED) is 0.641. The third kappa shape index (κ3) is 3.77. The van der Waals surface area contributed by atoms with Crippen LogP contribution in [0, 0.1) is 13.8 Å². The van der Waals surface area contributed by atoms with Crippen LogP contribution in [0.2, 0.25) is 0 Å². The minimum atomic E-state index is -1.10. The molecule has 2 heterocycles. The smallest absolute Gasteiger partial charge is 0.337 e. The van der Waals surface area contributed by atoms with E-state index in [1.165, 1.54) is 16.7 Å². The van der Waals surface area contributed by atoms with Crippen molar-refractivity contribution in [2.24, 2.45) is 0 Å². The Morgan fingerprint density at radius 1 is 1.31 bits per heavy atom. The van der Waals surface area contributed by atoms with Crippen molar-refractivity contribution in [1.82, 2.24) is 9.55 Å². The molecule has 3 aromatic rings. The van der Waals surface area contributed by atoms with Gasteiger partial charge in [-0.05, 0) is 44.4 Å². The Kier molecular flexibility index (Phi) is 5.37. The first-order valence-electron chi connectivity index (χ1n) is 8.39. The van der Waals surface area contributed by atoms with Gasteiger partial charge in [-0.25, -0.2) is 9.78 Å². The molecule has 0 bridgehead atoms. The van der Waals surface area contributed by atoms with Crippen molar-refractivity contribution in [3.8, 4) is 5.75 Å². The van der Waals surface area contributed by atoms with E-state index in [0.29, 0.717) is 23.8 Å². The number of hydrogen-bond acceptors (Lipinski definition) is 5. The largest absolute Gasteiger partial charge is 0.494 e. The monoisotopic (exact) mass is 372 g/mol. The van der Waals surface area contributed by atoms with Crippen LogP contribution in [0.15, 0.2) is 34.4 Å². The zero-order valence-electron chi connectivity index (χ0n) is 14.7. The average Bonchev–Trinajstić information content (AvgIpc) is 3.01. The Bertz CT molecular complexity index is 1010. The second-order valence-corrected chi connectivity index (χ2v) is 6.98. The number of aromatic nitrogens is 2. The number of aryl methyl sites for hydroxylation is 2. The Morgan fingerprint density at radius 3 is 2.85 bits per heavy atom. The highest BCUT2D eigenvalue weighted by molar-refractivity contribution is 7.17. The van der Waals surface area contributed by atoms with Gasteiger partial charge in [-0.15, -0.1) is 11.3 Å². The molecule has 0 radical (unpaired) electrons. The Hall–Kier alpha value is -2.67. The lowest BCUT2D eigenvalue weighted by Crippen LogP contribution is -2.24. The van der Waals surface area contributed by atoms with E-state index in [0.717, 1.165) is 24.2 Å². The molecule has 2 aromatic heterocycles. The fraction of sp³-hybridized carbons (Fsp3) is 0.316. The van der Waals surface area contributed by atoms with Gasteiger partial charge in [-0.2, -0.15) is 0 Å². The summed E-state index contributed by atoms with van der Waals surface area (Å²) >= 11 is 1.18. The Morgan fingerprint density at radius 2 is 2.12 bits per heavy atom. The maximum absolute atomic E-state index is 12.7. The lowest BCUT2D eigenvalue weighted by Gasteiger charge is -2.10. The van der Waals surface area contributed by atoms with Crippen LogP contribution in [0.4, 0.5) is 0 Å². The maximum Gasteiger partial charge on any atom is 0.337 e. The highest BCUT2D eigenvalue weighted by Gasteiger charge is 2.18. The summed E-state index contributed by atoms with van der Waals surface area (Å²) in [6, 6.07) is 7.87. The van der Waals surface area contributed by atoms with E-state index < -0.39 is 5.97 Å². The number of hydrogen-bond donors (Lipinski definition) is 1. The van der Waals surface area contributed by atoms with Crippen molar-refractivity contribution in [2.45, 2.75) is 33.2 Å². The van der Waals surface area contributed by atoms with E-state index in [1.54, 1.807) is 11.5 Å². The number of unbranched alkanes of at least 4 members (excludes halogenated alkanes) is 1. The molecule has 0 atom stereocenters. The van der Waals surface area contributed by atoms with Crippen molar-refractivity contribution in [3.63, 3.8) is 0 Å². The second kappa shape index (κ2) is 7.70. The molecular weight excluding hydrogens is 352 g/mol. The number of rotatable bonds is 7. The maximum atomic E-state index is 12.7. The molecule has 0 aliphatic rings. The fourth-order valence-corrected chi connectivity index (χ4v) is 3.76. The highest BCUT2D eigenvalue weighted by atomic mass is 32.1. The van der Waals surface area contributed by atoms with E-state index in [1.807, 2.05) is 31.2 Å². The lowest BCUT2D eigenvalue weighted by atomic mass is 10.2. The summed E-state index contributed by atoms with van der Waals surface area (Å²) in [5.74, 6) is 0.337. The number of ether oxygens (including phenoxy) is 1. The van der Waals surface area contributed by atoms with Gasteiger partial charge < -0.3 is 9.84 Å². The molecule has 0 fully saturated rings. The predicted molar refractivity (Wildman–Crippen MR) is 101 cm³/mol. The number of benzene rings is 1. The van der Waals surface area contributed by atoms with Crippen molar-refractivity contribution >= 4 is 27.5 Å². The number of carbonyl (C=O) groups is 1. The zero-order chi connectivity index (χ0) is 18.7. The number of nitrogens with zero attached hydrogens (tertiary/aromatic N) is 2. The first-order valence-corrected chi connectivity index (χ1v) is 9.26. The number of carboxylic acids is 1. The molecule has 7 heteroatoms. The summed E-state index contributed by atoms with van der Waals surface area (Å²) in [5.41, 5.74) is 0.888. The standard InChI is InChI=1S/C19H20N2O4S/c1-12-6-5-7-14(10-12)25-9-4-3-8-21-13(2)20-17-16(18(21)22)15(11-26-17)19(23)24/h5-7,10-11H,3-4,8-9H2,1-2H3,(H,23,24). The molecule has 1 aromatic carbocycles. The van der Waals surface area contributed by atoms with Crippen LogP contribution in [-0.4, -0.2) is 27.2 Å². The van der Waals surface area contributed by atoms with Crippen molar-refractivity contribution in [3.05, 3.63) is 57.0 Å². The molecule has 1 N–H and O–H groups in total. The van der Waals surface area contributed by atoms with Crippen LogP contribution in [0.25, 0.3) is 10.2 Å². The molecule has 3 rings (SSSR count). The molecule has 136 valence electrons. The third-order valence-electron chi connectivity index (χ3n) is 4.15. The van der Waals surface area contributed by atoms with E-state index in [2.05, 4.69) is 4.98 Å². The highest BCUT2D eigenvalue weighted by Crippen LogP contribution is 2.21. The first-order chi connectivity index (χ1) is 12.5. The van der Waals surface area contributed by atoms with Crippen LogP contribution in [0.1, 0.15) is 34.6 Å². The van der Waals surface area contributed by atoms with Crippen molar-refractivity contribution in [1.29, 1.82) is 0 Å². The van der Waals surface area contributed by atoms with Crippen LogP contribution in [-0.2, 0) is 6.54 Å². The van der Waals surface area contributed by atoms with Gasteiger partial charge in [0.1, 0.15) is 16.4 Å². The topological polar surface area (TPSA) is 81.4 Å². The molecule has 26 heavy (non-hydrogen) atoms. The summed E-state index contributed by atoms with van der Waals surface area (Å²) < 4.78 is 7.26. The number of fused-ring (bicyclic) bond motifs is 1. The lowest BCUT2D eigenvalue weighted by molar-refractivity contribution is 0.0699. The van der Waals surface area contributed by atoms with Crippen LogP contribution >= 0.6 is 11.3 Å². The van der Waals surface area contributed by atoms with Gasteiger partial charge in [0, 0.05) is 11.9 Å². The molecule has 0 aliphatic carbocycles. The summed E-state index contributed by atoms with van der Waals surface area (Å²) in [7, 11) is 0. The van der Waals surface area contributed by atoms with Crippen LogP contribution in [0.5, 0.6) is 5.75 Å². The van der Waals surface area contributed by atoms with E-state index in [4.69, 9.17) is 4.74 Å². The van der Waals surface area contributed by atoms with Gasteiger partial charge in [0.2, 0.25) is 0 Å². The average molecular weight is 372 g/mol. The molecular formula is C19H20N2O4S. The predicted octanol–water partition coefficient (Wildman–Crippen LogP) is 3.63. The van der Waals surface area contributed by atoms with Gasteiger partial charge in [-0.1, -0.05) is 12.1 Å². The van der Waals surface area contributed by atoms with E-state index in [-0.39, 0.29) is 16.5 Å². The van der Waals surface area contributed by atoms with Gasteiger partial charge in [-0.3, -0.25) is 9.36 Å². The molecule has 0 aliphatic heterocycles. The summed E-state index contributed by atoms with van der Waals surface area (Å²) in [6.07, 6.45) is 1.53. The first kappa shape index (κ1) is 18.1. The zero-order valence-corrected chi connectivity index (χ0v) is 15.5. The van der Waals surface area contributed by atoms with Gasteiger partial charge in [0.25, 0.3) is 5.56 Å². The molecule has 0 amide bonds. The second-order valence-electron chi connectivity index (χ2n) is 6.12. The Balaban J connectivity index is 1.66. The number of carboxylic acid groups (broad SMARTS) is 1. The minimum absolute atomic E-state index is 0.0269. The SMILES string of the molecule is Cc1cccc(OCCCCn2c(C)nc3scc(C(=O)O)c3c2=O)c1. The number of aromatic carboxylic acids is 1. The summed E-state index contributed by atoms with van der Waals surface area (Å²) in [6.45, 7) is 4.83. The molecule has 0 saturated heterocycles. The Labute approximate surface area is 154 Å². The van der Waals surface area contributed by atoms with E-state index >= 15 is 0 Å². The minimum Gasteiger partial charge on any atom is -0.494 e.